The molecule has 0 bridgehead atoms. The molecule has 0 saturated carbocycles. The summed E-state index contributed by atoms with van der Waals surface area (Å²) < 4.78 is 6.89. The Morgan fingerprint density at radius 1 is 1.38 bits per heavy atom. The van der Waals surface area contributed by atoms with Gasteiger partial charge in [0.05, 0.1) is 9.83 Å². The van der Waals surface area contributed by atoms with E-state index in [1.165, 1.54) is 23.9 Å². The maximum absolute atomic E-state index is 12.4. The van der Waals surface area contributed by atoms with Crippen molar-refractivity contribution < 1.29 is 14.1 Å². The van der Waals surface area contributed by atoms with E-state index in [9.17, 15) is 14.9 Å². The van der Waals surface area contributed by atoms with Crippen LogP contribution in [0.4, 0.5) is 5.69 Å². The molecule has 1 aliphatic rings. The Balaban J connectivity index is 1.86. The zero-order chi connectivity index (χ0) is 18.8. The lowest BCUT2D eigenvalue weighted by Crippen LogP contribution is -2.28. The van der Waals surface area contributed by atoms with Crippen LogP contribution in [0, 0.1) is 10.1 Å². The van der Waals surface area contributed by atoms with Gasteiger partial charge in [-0.05, 0) is 40.5 Å². The zero-order valence-corrected chi connectivity index (χ0v) is 16.8. The first-order valence-electron chi connectivity index (χ1n) is 7.70. The van der Waals surface area contributed by atoms with Crippen LogP contribution < -0.4 is 0 Å². The highest BCUT2D eigenvalue weighted by atomic mass is 79.9. The molecule has 0 radical (unpaired) electrons. The van der Waals surface area contributed by atoms with E-state index in [4.69, 9.17) is 16.6 Å². The van der Waals surface area contributed by atoms with Crippen molar-refractivity contribution in [2.75, 3.05) is 6.54 Å². The van der Waals surface area contributed by atoms with Crippen molar-refractivity contribution in [3.05, 3.63) is 55.6 Å². The number of furan rings is 1. The molecule has 3 rings (SSSR count). The second-order valence-electron chi connectivity index (χ2n) is 5.46. The number of carbonyl (C=O) groups is 1. The lowest BCUT2D eigenvalue weighted by Gasteiger charge is -2.11. The quantitative estimate of drug-likeness (QED) is 0.267. The predicted molar refractivity (Wildman–Crippen MR) is 109 cm³/mol. The van der Waals surface area contributed by atoms with Crippen LogP contribution in [-0.2, 0) is 4.79 Å². The molecule has 2 aromatic rings. The van der Waals surface area contributed by atoms with Crippen LogP contribution in [0.15, 0.2) is 44.1 Å². The third kappa shape index (κ3) is 3.74. The van der Waals surface area contributed by atoms with E-state index in [-0.39, 0.29) is 11.6 Å². The number of benzene rings is 1. The molecular weight excluding hydrogens is 440 g/mol. The number of carbonyl (C=O) groups excluding carboxylic acids is 1. The molecule has 6 nitrogen and oxygen atoms in total. The van der Waals surface area contributed by atoms with Gasteiger partial charge in [-0.2, -0.15) is 0 Å². The van der Waals surface area contributed by atoms with Gasteiger partial charge in [0.15, 0.2) is 0 Å². The highest BCUT2D eigenvalue weighted by Crippen LogP contribution is 2.35. The lowest BCUT2D eigenvalue weighted by atomic mass is 10.1. The van der Waals surface area contributed by atoms with Crippen molar-refractivity contribution in [1.82, 2.24) is 4.90 Å². The van der Waals surface area contributed by atoms with Gasteiger partial charge in [0, 0.05) is 34.8 Å². The fourth-order valence-electron chi connectivity index (χ4n) is 2.44. The SMILES string of the molecule is CCCN1C(=O)/C(=C\c2ccc(-c3ccc([N+](=O)[O-])cc3Br)o2)SC1=S. The van der Waals surface area contributed by atoms with Gasteiger partial charge in [0.2, 0.25) is 0 Å². The minimum Gasteiger partial charge on any atom is -0.457 e. The summed E-state index contributed by atoms with van der Waals surface area (Å²) in [5.41, 5.74) is 0.681. The number of non-ortho nitro benzene ring substituents is 1. The number of nitro benzene ring substituents is 1. The van der Waals surface area contributed by atoms with E-state index in [0.29, 0.717) is 37.3 Å². The predicted octanol–water partition coefficient (Wildman–Crippen LogP) is 5.23. The van der Waals surface area contributed by atoms with Crippen molar-refractivity contribution >= 4 is 61.9 Å². The first-order valence-corrected chi connectivity index (χ1v) is 9.72. The number of hydrogen-bond acceptors (Lipinski definition) is 6. The summed E-state index contributed by atoms with van der Waals surface area (Å²) in [7, 11) is 0. The third-order valence-electron chi connectivity index (χ3n) is 3.65. The molecule has 1 fully saturated rings. The van der Waals surface area contributed by atoms with Crippen LogP contribution in [0.2, 0.25) is 0 Å². The minimum atomic E-state index is -0.458. The molecule has 26 heavy (non-hydrogen) atoms. The van der Waals surface area contributed by atoms with Gasteiger partial charge in [-0.1, -0.05) is 30.9 Å². The first kappa shape index (κ1) is 18.8. The van der Waals surface area contributed by atoms with Crippen LogP contribution in [-0.4, -0.2) is 26.6 Å². The fourth-order valence-corrected chi connectivity index (χ4v) is 4.29. The maximum Gasteiger partial charge on any atom is 0.270 e. The second kappa shape index (κ2) is 7.73. The van der Waals surface area contributed by atoms with E-state index >= 15 is 0 Å². The Labute approximate surface area is 167 Å². The van der Waals surface area contributed by atoms with E-state index < -0.39 is 4.92 Å². The summed E-state index contributed by atoms with van der Waals surface area (Å²) in [6.07, 6.45) is 2.50. The molecule has 0 aliphatic carbocycles. The van der Waals surface area contributed by atoms with Crippen LogP contribution in [0.3, 0.4) is 0 Å². The number of rotatable bonds is 5. The molecule has 0 unspecified atom stereocenters. The number of thiocarbonyl (C=S) groups is 1. The fraction of sp³-hybridized carbons (Fsp3) is 0.176. The standard InChI is InChI=1S/C17H13BrN2O4S2/c1-2-7-19-16(21)15(26-17(19)25)9-11-4-6-14(24-11)12-5-3-10(20(22)23)8-13(12)18/h3-6,8-9H,2,7H2,1H3/b15-9+. The summed E-state index contributed by atoms with van der Waals surface area (Å²) in [5.74, 6) is 0.945. The summed E-state index contributed by atoms with van der Waals surface area (Å²) in [6.45, 7) is 2.59. The van der Waals surface area contributed by atoms with Crippen molar-refractivity contribution in [3.8, 4) is 11.3 Å². The Hall–Kier alpha value is -1.97. The topological polar surface area (TPSA) is 76.6 Å². The average molecular weight is 453 g/mol. The lowest BCUT2D eigenvalue weighted by molar-refractivity contribution is -0.384. The molecule has 1 aromatic carbocycles. The van der Waals surface area contributed by atoms with Crippen molar-refractivity contribution in [1.29, 1.82) is 0 Å². The Morgan fingerprint density at radius 3 is 2.81 bits per heavy atom. The molecule has 0 atom stereocenters. The Bertz CT molecular complexity index is 939. The zero-order valence-electron chi connectivity index (χ0n) is 13.6. The van der Waals surface area contributed by atoms with Crippen LogP contribution in [0.25, 0.3) is 17.4 Å². The highest BCUT2D eigenvalue weighted by molar-refractivity contribution is 9.10. The maximum atomic E-state index is 12.4. The number of thioether (sulfide) groups is 1. The minimum absolute atomic E-state index is 0.00740. The molecule has 1 aliphatic heterocycles. The van der Waals surface area contributed by atoms with Gasteiger partial charge in [0.25, 0.3) is 11.6 Å². The summed E-state index contributed by atoms with van der Waals surface area (Å²) in [4.78, 5) is 24.9. The van der Waals surface area contributed by atoms with E-state index in [1.54, 1.807) is 29.2 Å². The smallest absolute Gasteiger partial charge is 0.270 e. The molecule has 0 spiro atoms. The summed E-state index contributed by atoms with van der Waals surface area (Å²) in [5, 5.41) is 10.8. The number of nitro groups is 1. The van der Waals surface area contributed by atoms with Gasteiger partial charge in [-0.25, -0.2) is 0 Å². The molecule has 1 aromatic heterocycles. The molecule has 9 heteroatoms. The first-order chi connectivity index (χ1) is 12.4. The molecule has 1 saturated heterocycles. The molecule has 1 amide bonds. The molecule has 0 N–H and O–H groups in total. The monoisotopic (exact) mass is 452 g/mol. The number of amides is 1. The van der Waals surface area contributed by atoms with Crippen LogP contribution in [0.1, 0.15) is 19.1 Å². The third-order valence-corrected chi connectivity index (χ3v) is 5.68. The highest BCUT2D eigenvalue weighted by Gasteiger charge is 2.31. The average Bonchev–Trinajstić information content (AvgIpc) is 3.15. The Morgan fingerprint density at radius 2 is 2.15 bits per heavy atom. The normalized spacial score (nSPS) is 15.9. The van der Waals surface area contributed by atoms with E-state index in [2.05, 4.69) is 15.9 Å². The Kier molecular flexibility index (Phi) is 5.59. The van der Waals surface area contributed by atoms with Crippen molar-refractivity contribution in [2.24, 2.45) is 0 Å². The number of nitrogens with zero attached hydrogens (tertiary/aromatic N) is 2. The molecular formula is C17H13BrN2O4S2. The number of hydrogen-bond donors (Lipinski definition) is 0. The van der Waals surface area contributed by atoms with Gasteiger partial charge in [0.1, 0.15) is 15.8 Å². The van der Waals surface area contributed by atoms with Gasteiger partial charge < -0.3 is 4.42 Å². The van der Waals surface area contributed by atoms with Crippen LogP contribution in [0.5, 0.6) is 0 Å². The van der Waals surface area contributed by atoms with Gasteiger partial charge >= 0.3 is 0 Å². The second-order valence-corrected chi connectivity index (χ2v) is 7.99. The van der Waals surface area contributed by atoms with E-state index in [1.807, 2.05) is 6.92 Å². The van der Waals surface area contributed by atoms with Crippen LogP contribution >= 0.6 is 39.9 Å². The number of halogens is 1. The molecule has 134 valence electrons. The van der Waals surface area contributed by atoms with Gasteiger partial charge in [-0.15, -0.1) is 0 Å². The van der Waals surface area contributed by atoms with Crippen molar-refractivity contribution in [2.45, 2.75) is 13.3 Å². The van der Waals surface area contributed by atoms with Crippen molar-refractivity contribution in [3.63, 3.8) is 0 Å². The summed E-state index contributed by atoms with van der Waals surface area (Å²) >= 11 is 9.83. The molecule has 2 heterocycles. The van der Waals surface area contributed by atoms with Gasteiger partial charge in [-0.3, -0.25) is 19.8 Å². The summed E-state index contributed by atoms with van der Waals surface area (Å²) in [6, 6.07) is 7.96. The largest absolute Gasteiger partial charge is 0.457 e. The van der Waals surface area contributed by atoms with E-state index in [0.717, 1.165) is 6.42 Å².